The molecule has 0 saturated heterocycles. The number of hydrogen-bond acceptors (Lipinski definition) is 3. The molecular weight excluding hydrogens is 278 g/mol. The Hall–Kier alpha value is -1.85. The molecule has 0 aromatic heterocycles. The molecule has 0 aliphatic rings. The Morgan fingerprint density at radius 3 is 2.60 bits per heavy atom. The molecule has 0 bridgehead atoms. The van der Waals surface area contributed by atoms with Crippen LogP contribution >= 0.6 is 11.6 Å². The van der Waals surface area contributed by atoms with E-state index < -0.39 is 0 Å². The van der Waals surface area contributed by atoms with Crippen LogP contribution in [0.15, 0.2) is 36.9 Å². The highest BCUT2D eigenvalue weighted by atomic mass is 35.5. The highest BCUT2D eigenvalue weighted by molar-refractivity contribution is 6.33. The van der Waals surface area contributed by atoms with Crippen molar-refractivity contribution in [3.05, 3.63) is 41.9 Å². The quantitative estimate of drug-likeness (QED) is 0.750. The zero-order chi connectivity index (χ0) is 15.0. The maximum absolute atomic E-state index is 11.8. The van der Waals surface area contributed by atoms with Gasteiger partial charge in [0, 0.05) is 6.54 Å². The van der Waals surface area contributed by atoms with Crippen LogP contribution in [0, 0.1) is 0 Å². The standard InChI is InChI=1S/C14H18ClN3O2/c1-3-8-16-13(19)9-18(2)10-14(20)17-12-7-5-4-6-11(12)15/h3-7H,1,8-10H2,2H3,(H,16,19)(H,17,20). The molecule has 0 fully saturated rings. The van der Waals surface area contributed by atoms with Gasteiger partial charge in [0.2, 0.25) is 11.8 Å². The van der Waals surface area contributed by atoms with Crippen molar-refractivity contribution in [2.75, 3.05) is 32.0 Å². The predicted octanol–water partition coefficient (Wildman–Crippen LogP) is 1.51. The summed E-state index contributed by atoms with van der Waals surface area (Å²) in [6.07, 6.45) is 1.60. The Bertz CT molecular complexity index is 491. The van der Waals surface area contributed by atoms with Crippen molar-refractivity contribution in [1.82, 2.24) is 10.2 Å². The van der Waals surface area contributed by atoms with Crippen molar-refractivity contribution in [3.8, 4) is 0 Å². The number of likely N-dealkylation sites (N-methyl/N-ethyl adjacent to an activating group) is 1. The first-order valence-corrected chi connectivity index (χ1v) is 6.51. The number of nitrogens with one attached hydrogen (secondary N) is 2. The summed E-state index contributed by atoms with van der Waals surface area (Å²) in [7, 11) is 1.69. The Kier molecular flexibility index (Phi) is 6.76. The Labute approximate surface area is 123 Å². The Morgan fingerprint density at radius 1 is 1.30 bits per heavy atom. The molecule has 0 radical (unpaired) electrons. The van der Waals surface area contributed by atoms with Gasteiger partial charge in [0.05, 0.1) is 23.8 Å². The molecule has 2 amide bonds. The minimum Gasteiger partial charge on any atom is -0.352 e. The molecule has 0 unspecified atom stereocenters. The average Bonchev–Trinajstić information content (AvgIpc) is 2.38. The fraction of sp³-hybridized carbons (Fsp3) is 0.286. The van der Waals surface area contributed by atoms with Crippen LogP contribution in [0.1, 0.15) is 0 Å². The lowest BCUT2D eigenvalue weighted by atomic mass is 10.3. The van der Waals surface area contributed by atoms with E-state index in [2.05, 4.69) is 17.2 Å². The van der Waals surface area contributed by atoms with Crippen LogP contribution in [0.2, 0.25) is 5.02 Å². The molecule has 6 heteroatoms. The van der Waals surface area contributed by atoms with E-state index in [1.807, 2.05) is 0 Å². The lowest BCUT2D eigenvalue weighted by molar-refractivity contribution is -0.122. The number of hydrogen-bond donors (Lipinski definition) is 2. The molecule has 0 saturated carbocycles. The second-order valence-electron chi connectivity index (χ2n) is 4.29. The second kappa shape index (κ2) is 8.35. The van der Waals surface area contributed by atoms with Crippen molar-refractivity contribution in [1.29, 1.82) is 0 Å². The fourth-order valence-electron chi connectivity index (χ4n) is 1.54. The van der Waals surface area contributed by atoms with Crippen LogP contribution in [-0.2, 0) is 9.59 Å². The van der Waals surface area contributed by atoms with E-state index in [9.17, 15) is 9.59 Å². The first kappa shape index (κ1) is 16.2. The molecule has 0 spiro atoms. The summed E-state index contributed by atoms with van der Waals surface area (Å²) in [5.41, 5.74) is 0.559. The van der Waals surface area contributed by atoms with E-state index in [1.54, 1.807) is 42.3 Å². The molecule has 0 atom stereocenters. The van der Waals surface area contributed by atoms with Crippen molar-refractivity contribution in [2.24, 2.45) is 0 Å². The SMILES string of the molecule is C=CCNC(=O)CN(C)CC(=O)Nc1ccccc1Cl. The van der Waals surface area contributed by atoms with Crippen LogP contribution in [-0.4, -0.2) is 43.4 Å². The molecule has 1 aromatic rings. The van der Waals surface area contributed by atoms with E-state index in [0.717, 1.165) is 0 Å². The number of nitrogens with zero attached hydrogens (tertiary/aromatic N) is 1. The zero-order valence-electron chi connectivity index (χ0n) is 11.4. The van der Waals surface area contributed by atoms with Crippen molar-refractivity contribution in [3.63, 3.8) is 0 Å². The summed E-state index contributed by atoms with van der Waals surface area (Å²) in [4.78, 5) is 24.9. The third-order valence-electron chi connectivity index (χ3n) is 2.42. The van der Waals surface area contributed by atoms with Crippen molar-refractivity contribution in [2.45, 2.75) is 0 Å². The van der Waals surface area contributed by atoms with Crippen LogP contribution in [0.5, 0.6) is 0 Å². The lowest BCUT2D eigenvalue weighted by Crippen LogP contribution is -2.39. The highest BCUT2D eigenvalue weighted by Crippen LogP contribution is 2.20. The predicted molar refractivity (Wildman–Crippen MR) is 80.8 cm³/mol. The maximum atomic E-state index is 11.8. The molecule has 2 N–H and O–H groups in total. The lowest BCUT2D eigenvalue weighted by Gasteiger charge is -2.16. The topological polar surface area (TPSA) is 61.4 Å². The average molecular weight is 296 g/mol. The molecule has 20 heavy (non-hydrogen) atoms. The van der Waals surface area contributed by atoms with Gasteiger partial charge in [-0.1, -0.05) is 29.8 Å². The first-order valence-electron chi connectivity index (χ1n) is 6.13. The zero-order valence-corrected chi connectivity index (χ0v) is 12.1. The molecular formula is C14H18ClN3O2. The van der Waals surface area contributed by atoms with Crippen LogP contribution in [0.4, 0.5) is 5.69 Å². The largest absolute Gasteiger partial charge is 0.352 e. The summed E-state index contributed by atoms with van der Waals surface area (Å²) < 4.78 is 0. The summed E-state index contributed by atoms with van der Waals surface area (Å²) >= 11 is 5.94. The molecule has 108 valence electrons. The van der Waals surface area contributed by atoms with Gasteiger partial charge in [-0.15, -0.1) is 6.58 Å². The summed E-state index contributed by atoms with van der Waals surface area (Å²) in [6.45, 7) is 4.17. The Balaban J connectivity index is 2.40. The van der Waals surface area contributed by atoms with E-state index in [4.69, 9.17) is 11.6 Å². The number of rotatable bonds is 7. The van der Waals surface area contributed by atoms with Gasteiger partial charge < -0.3 is 10.6 Å². The van der Waals surface area contributed by atoms with Crippen LogP contribution in [0.3, 0.4) is 0 Å². The number of para-hydroxylation sites is 1. The van der Waals surface area contributed by atoms with E-state index >= 15 is 0 Å². The van der Waals surface area contributed by atoms with Crippen LogP contribution in [0.25, 0.3) is 0 Å². The third-order valence-corrected chi connectivity index (χ3v) is 2.75. The highest BCUT2D eigenvalue weighted by Gasteiger charge is 2.11. The van der Waals surface area contributed by atoms with E-state index in [-0.39, 0.29) is 24.9 Å². The summed E-state index contributed by atoms with van der Waals surface area (Å²) in [6, 6.07) is 6.99. The smallest absolute Gasteiger partial charge is 0.238 e. The minimum atomic E-state index is -0.225. The van der Waals surface area contributed by atoms with Crippen molar-refractivity contribution >= 4 is 29.1 Å². The van der Waals surface area contributed by atoms with Crippen LogP contribution < -0.4 is 10.6 Å². The molecule has 5 nitrogen and oxygen atoms in total. The fourth-order valence-corrected chi connectivity index (χ4v) is 1.72. The third kappa shape index (κ3) is 5.86. The van der Waals surface area contributed by atoms with Gasteiger partial charge in [-0.05, 0) is 19.2 Å². The van der Waals surface area contributed by atoms with Gasteiger partial charge in [0.15, 0.2) is 0 Å². The van der Waals surface area contributed by atoms with Gasteiger partial charge in [0.1, 0.15) is 0 Å². The van der Waals surface area contributed by atoms with Gasteiger partial charge in [-0.2, -0.15) is 0 Å². The summed E-state index contributed by atoms with van der Waals surface area (Å²) in [5, 5.41) is 5.82. The molecule has 0 aliphatic carbocycles. The van der Waals surface area contributed by atoms with Crippen molar-refractivity contribution < 1.29 is 9.59 Å². The minimum absolute atomic E-state index is 0.104. The van der Waals surface area contributed by atoms with Gasteiger partial charge in [-0.25, -0.2) is 0 Å². The number of carbonyl (C=O) groups excluding carboxylic acids is 2. The Morgan fingerprint density at radius 2 is 1.95 bits per heavy atom. The van der Waals surface area contributed by atoms with E-state index in [0.29, 0.717) is 17.3 Å². The number of carbonyl (C=O) groups is 2. The molecule has 0 heterocycles. The maximum Gasteiger partial charge on any atom is 0.238 e. The number of amides is 2. The second-order valence-corrected chi connectivity index (χ2v) is 4.70. The number of benzene rings is 1. The van der Waals surface area contributed by atoms with E-state index in [1.165, 1.54) is 0 Å². The molecule has 1 rings (SSSR count). The van der Waals surface area contributed by atoms with Gasteiger partial charge in [0.25, 0.3) is 0 Å². The molecule has 0 aliphatic heterocycles. The van der Waals surface area contributed by atoms with Gasteiger partial charge in [-0.3, -0.25) is 14.5 Å². The number of anilines is 1. The number of halogens is 1. The molecule has 1 aromatic carbocycles. The first-order chi connectivity index (χ1) is 9.52. The normalized spacial score (nSPS) is 10.2. The van der Waals surface area contributed by atoms with Gasteiger partial charge >= 0.3 is 0 Å². The summed E-state index contributed by atoms with van der Waals surface area (Å²) in [5.74, 6) is -0.380. The monoisotopic (exact) mass is 295 g/mol.